The van der Waals surface area contributed by atoms with Gasteiger partial charge in [-0.05, 0) is 50.7 Å². The molecule has 3 rings (SSSR count). The third kappa shape index (κ3) is 2.99. The van der Waals surface area contributed by atoms with E-state index in [2.05, 4.69) is 4.90 Å². The molecule has 0 radical (unpaired) electrons. The zero-order valence-electron chi connectivity index (χ0n) is 14.6. The minimum absolute atomic E-state index is 0.430. The summed E-state index contributed by atoms with van der Waals surface area (Å²) in [5.74, 6) is 1.30. The SMILES string of the molecule is COc1cccc2c1OCc1ccccc1C2(O)CCCN(C)C. The molecule has 2 aromatic carbocycles. The summed E-state index contributed by atoms with van der Waals surface area (Å²) in [7, 11) is 5.72. The first-order valence-electron chi connectivity index (χ1n) is 8.32. The lowest BCUT2D eigenvalue weighted by atomic mass is 9.80. The Morgan fingerprint density at radius 3 is 2.62 bits per heavy atom. The number of hydrogen-bond donors (Lipinski definition) is 1. The lowest BCUT2D eigenvalue weighted by Crippen LogP contribution is -2.29. The van der Waals surface area contributed by atoms with Crippen LogP contribution in [0.2, 0.25) is 0 Å². The van der Waals surface area contributed by atoms with Crippen molar-refractivity contribution in [3.05, 3.63) is 59.2 Å². The number of hydrogen-bond acceptors (Lipinski definition) is 4. The van der Waals surface area contributed by atoms with Crippen LogP contribution in [-0.2, 0) is 12.2 Å². The van der Waals surface area contributed by atoms with Crippen molar-refractivity contribution < 1.29 is 14.6 Å². The van der Waals surface area contributed by atoms with Crippen LogP contribution >= 0.6 is 0 Å². The average molecular weight is 327 g/mol. The fourth-order valence-corrected chi connectivity index (χ4v) is 3.42. The third-order valence-electron chi connectivity index (χ3n) is 4.62. The largest absolute Gasteiger partial charge is 0.493 e. The van der Waals surface area contributed by atoms with E-state index in [0.29, 0.717) is 24.5 Å². The average Bonchev–Trinajstić information content (AvgIpc) is 2.70. The number of para-hydroxylation sites is 1. The Labute approximate surface area is 143 Å². The molecule has 128 valence electrons. The van der Waals surface area contributed by atoms with E-state index in [4.69, 9.17) is 9.47 Å². The lowest BCUT2D eigenvalue weighted by molar-refractivity contribution is 0.0655. The molecular formula is C20H25NO3. The number of ether oxygens (including phenoxy) is 2. The van der Waals surface area contributed by atoms with Crippen molar-refractivity contribution in [2.24, 2.45) is 0 Å². The molecule has 24 heavy (non-hydrogen) atoms. The fraction of sp³-hybridized carbons (Fsp3) is 0.400. The highest BCUT2D eigenvalue weighted by atomic mass is 16.5. The highest BCUT2D eigenvalue weighted by Gasteiger charge is 2.38. The topological polar surface area (TPSA) is 41.9 Å². The number of nitrogens with zero attached hydrogens (tertiary/aromatic N) is 1. The van der Waals surface area contributed by atoms with Gasteiger partial charge in [0.05, 0.1) is 7.11 Å². The third-order valence-corrected chi connectivity index (χ3v) is 4.62. The fourth-order valence-electron chi connectivity index (χ4n) is 3.42. The molecule has 0 saturated carbocycles. The van der Waals surface area contributed by atoms with Gasteiger partial charge in [-0.15, -0.1) is 0 Å². The van der Waals surface area contributed by atoms with E-state index in [9.17, 15) is 5.11 Å². The maximum absolute atomic E-state index is 11.7. The van der Waals surface area contributed by atoms with E-state index in [1.54, 1.807) is 7.11 Å². The molecule has 1 atom stereocenters. The molecule has 1 heterocycles. The monoisotopic (exact) mass is 327 g/mol. The van der Waals surface area contributed by atoms with Gasteiger partial charge in [0.1, 0.15) is 12.2 Å². The summed E-state index contributed by atoms with van der Waals surface area (Å²) < 4.78 is 11.5. The van der Waals surface area contributed by atoms with Gasteiger partial charge in [-0.3, -0.25) is 0 Å². The summed E-state index contributed by atoms with van der Waals surface area (Å²) in [4.78, 5) is 2.13. The van der Waals surface area contributed by atoms with Crippen LogP contribution in [0, 0.1) is 0 Å². The highest BCUT2D eigenvalue weighted by molar-refractivity contribution is 5.55. The normalized spacial score (nSPS) is 19.2. The number of aliphatic hydroxyl groups is 1. The molecule has 0 aliphatic carbocycles. The highest BCUT2D eigenvalue weighted by Crippen LogP contribution is 2.46. The minimum atomic E-state index is -1.08. The number of rotatable bonds is 5. The molecular weight excluding hydrogens is 302 g/mol. The summed E-state index contributed by atoms with van der Waals surface area (Å²) in [6.07, 6.45) is 1.51. The van der Waals surface area contributed by atoms with Gasteiger partial charge in [0, 0.05) is 5.56 Å². The number of methoxy groups -OCH3 is 1. The van der Waals surface area contributed by atoms with Crippen molar-refractivity contribution in [2.45, 2.75) is 25.0 Å². The Balaban J connectivity index is 2.11. The van der Waals surface area contributed by atoms with Crippen molar-refractivity contribution in [3.8, 4) is 11.5 Å². The van der Waals surface area contributed by atoms with Crippen LogP contribution in [0.4, 0.5) is 0 Å². The van der Waals surface area contributed by atoms with E-state index in [1.165, 1.54) is 0 Å². The summed E-state index contributed by atoms with van der Waals surface area (Å²) in [5.41, 5.74) is 1.65. The maximum Gasteiger partial charge on any atom is 0.168 e. The molecule has 1 unspecified atom stereocenters. The zero-order chi connectivity index (χ0) is 17.2. The Morgan fingerprint density at radius 2 is 1.88 bits per heavy atom. The molecule has 1 aliphatic heterocycles. The van der Waals surface area contributed by atoms with E-state index < -0.39 is 5.60 Å². The first kappa shape index (κ1) is 16.8. The maximum atomic E-state index is 11.7. The molecule has 4 heteroatoms. The second-order valence-electron chi connectivity index (χ2n) is 6.55. The van der Waals surface area contributed by atoms with Crippen LogP contribution in [-0.4, -0.2) is 37.8 Å². The van der Waals surface area contributed by atoms with E-state index in [-0.39, 0.29) is 0 Å². The molecule has 1 N–H and O–H groups in total. The van der Waals surface area contributed by atoms with Gasteiger partial charge in [-0.25, -0.2) is 0 Å². The predicted octanol–water partition coefficient (Wildman–Crippen LogP) is 3.17. The van der Waals surface area contributed by atoms with E-state index in [0.717, 1.165) is 29.7 Å². The summed E-state index contributed by atoms with van der Waals surface area (Å²) in [6.45, 7) is 1.35. The molecule has 1 aliphatic rings. The molecule has 0 spiro atoms. The van der Waals surface area contributed by atoms with Crippen LogP contribution in [0.5, 0.6) is 11.5 Å². The van der Waals surface area contributed by atoms with Crippen LogP contribution in [0.25, 0.3) is 0 Å². The van der Waals surface area contributed by atoms with Crippen molar-refractivity contribution in [1.82, 2.24) is 4.90 Å². The van der Waals surface area contributed by atoms with E-state index >= 15 is 0 Å². The Bertz CT molecular complexity index is 714. The van der Waals surface area contributed by atoms with Gasteiger partial charge in [0.2, 0.25) is 0 Å². The van der Waals surface area contributed by atoms with Crippen molar-refractivity contribution in [2.75, 3.05) is 27.7 Å². The van der Waals surface area contributed by atoms with E-state index in [1.807, 2.05) is 56.6 Å². The second-order valence-corrected chi connectivity index (χ2v) is 6.55. The quantitative estimate of drug-likeness (QED) is 0.916. The smallest absolute Gasteiger partial charge is 0.168 e. The Hall–Kier alpha value is -2.04. The first-order chi connectivity index (χ1) is 11.6. The first-order valence-corrected chi connectivity index (χ1v) is 8.32. The molecule has 0 saturated heterocycles. The Morgan fingerprint density at radius 1 is 1.12 bits per heavy atom. The minimum Gasteiger partial charge on any atom is -0.493 e. The zero-order valence-corrected chi connectivity index (χ0v) is 14.6. The van der Waals surface area contributed by atoms with Gasteiger partial charge in [0.25, 0.3) is 0 Å². The van der Waals surface area contributed by atoms with Gasteiger partial charge >= 0.3 is 0 Å². The standard InChI is InChI=1S/C20H25NO3/c1-21(2)13-7-12-20(22)16-9-5-4-8-15(16)14-24-19-17(20)10-6-11-18(19)23-3/h4-6,8-11,22H,7,12-14H2,1-3H3. The summed E-state index contributed by atoms with van der Waals surface area (Å²) in [5, 5.41) is 11.7. The van der Waals surface area contributed by atoms with Gasteiger partial charge in [-0.1, -0.05) is 36.4 Å². The summed E-state index contributed by atoms with van der Waals surface area (Å²) in [6, 6.07) is 13.7. The molecule has 0 amide bonds. The summed E-state index contributed by atoms with van der Waals surface area (Å²) >= 11 is 0. The van der Waals surface area contributed by atoms with Crippen LogP contribution in [0.3, 0.4) is 0 Å². The van der Waals surface area contributed by atoms with Gasteiger partial charge < -0.3 is 19.5 Å². The van der Waals surface area contributed by atoms with Gasteiger partial charge in [0.15, 0.2) is 11.5 Å². The van der Waals surface area contributed by atoms with Crippen molar-refractivity contribution >= 4 is 0 Å². The molecule has 0 aromatic heterocycles. The second kappa shape index (κ2) is 6.83. The number of fused-ring (bicyclic) bond motifs is 2. The molecule has 4 nitrogen and oxygen atoms in total. The van der Waals surface area contributed by atoms with Crippen molar-refractivity contribution in [1.29, 1.82) is 0 Å². The molecule has 0 fully saturated rings. The number of benzene rings is 2. The van der Waals surface area contributed by atoms with Crippen LogP contribution in [0.15, 0.2) is 42.5 Å². The lowest BCUT2D eigenvalue weighted by Gasteiger charge is -2.30. The van der Waals surface area contributed by atoms with Crippen LogP contribution in [0.1, 0.15) is 29.5 Å². The van der Waals surface area contributed by atoms with Gasteiger partial charge in [-0.2, -0.15) is 0 Å². The van der Waals surface area contributed by atoms with Crippen molar-refractivity contribution in [3.63, 3.8) is 0 Å². The predicted molar refractivity (Wildman–Crippen MR) is 94.6 cm³/mol. The molecule has 2 aromatic rings. The van der Waals surface area contributed by atoms with Crippen LogP contribution < -0.4 is 9.47 Å². The Kier molecular flexibility index (Phi) is 4.78. The molecule has 0 bridgehead atoms.